The molecule has 0 atom stereocenters. The van der Waals surface area contributed by atoms with Crippen LogP contribution in [0.2, 0.25) is 0 Å². The molecule has 162 valence electrons. The predicted molar refractivity (Wildman–Crippen MR) is 135 cm³/mol. The van der Waals surface area contributed by atoms with Gasteiger partial charge in [-0.05, 0) is 47.5 Å². The molecule has 0 radical (unpaired) electrons. The molecule has 0 spiro atoms. The highest BCUT2D eigenvalue weighted by Gasteiger charge is 2.26. The Morgan fingerprint density at radius 1 is 0.471 bits per heavy atom. The Bertz CT molecular complexity index is 1720. The number of phenols is 2. The molecule has 7 aromatic rings. The van der Waals surface area contributed by atoms with Gasteiger partial charge in [-0.15, -0.1) is 0 Å². The lowest BCUT2D eigenvalue weighted by atomic mass is 9.90. The minimum absolute atomic E-state index is 0.171. The van der Waals surface area contributed by atoms with Gasteiger partial charge in [0.1, 0.15) is 33.8 Å². The van der Waals surface area contributed by atoms with Gasteiger partial charge in [0.2, 0.25) is 0 Å². The van der Waals surface area contributed by atoms with Gasteiger partial charge >= 0.3 is 0 Å². The summed E-state index contributed by atoms with van der Waals surface area (Å²) in [6, 6.07) is 30.4. The van der Waals surface area contributed by atoms with E-state index in [-0.39, 0.29) is 11.5 Å². The van der Waals surface area contributed by atoms with Crippen LogP contribution < -0.4 is 0 Å². The van der Waals surface area contributed by atoms with E-state index < -0.39 is 0 Å². The topological polar surface area (TPSA) is 66.7 Å². The van der Waals surface area contributed by atoms with E-state index in [1.165, 1.54) is 0 Å². The van der Waals surface area contributed by atoms with Crippen molar-refractivity contribution in [1.82, 2.24) is 0 Å². The van der Waals surface area contributed by atoms with E-state index in [0.717, 1.165) is 43.8 Å². The molecule has 0 saturated heterocycles. The predicted octanol–water partition coefficient (Wildman–Crippen LogP) is 8.23. The van der Waals surface area contributed by atoms with Crippen LogP contribution in [0.4, 0.5) is 0 Å². The summed E-state index contributed by atoms with van der Waals surface area (Å²) in [5.41, 5.74) is 6.53. The molecule has 0 saturated carbocycles. The molecule has 5 aromatic carbocycles. The van der Waals surface area contributed by atoms with Crippen LogP contribution >= 0.6 is 0 Å². The minimum Gasteiger partial charge on any atom is -0.508 e. The zero-order valence-electron chi connectivity index (χ0n) is 17.9. The van der Waals surface area contributed by atoms with Crippen LogP contribution in [-0.2, 0) is 0 Å². The van der Waals surface area contributed by atoms with Crippen molar-refractivity contribution in [2.75, 3.05) is 0 Å². The molecule has 0 amide bonds. The second kappa shape index (κ2) is 6.90. The molecule has 4 nitrogen and oxygen atoms in total. The fraction of sp³-hybridized carbons (Fsp3) is 0. The van der Waals surface area contributed by atoms with Crippen molar-refractivity contribution in [3.8, 4) is 33.8 Å². The Kier molecular flexibility index (Phi) is 3.82. The highest BCUT2D eigenvalue weighted by atomic mass is 16.3. The first-order chi connectivity index (χ1) is 16.7. The van der Waals surface area contributed by atoms with Gasteiger partial charge in [-0.2, -0.15) is 0 Å². The molecule has 7 rings (SSSR count). The molecular formula is C30H18O4. The van der Waals surface area contributed by atoms with Gasteiger partial charge in [0.25, 0.3) is 0 Å². The van der Waals surface area contributed by atoms with Crippen LogP contribution in [0.15, 0.2) is 106 Å². The number of aromatic hydroxyl groups is 2. The molecule has 0 aliphatic carbocycles. The number of fused-ring (bicyclic) bond motifs is 6. The Labute approximate surface area is 193 Å². The normalized spacial score (nSPS) is 11.8. The maximum Gasteiger partial charge on any atom is 0.144 e. The lowest BCUT2D eigenvalue weighted by molar-refractivity contribution is 0.475. The highest BCUT2D eigenvalue weighted by molar-refractivity contribution is 6.30. The summed E-state index contributed by atoms with van der Waals surface area (Å²) in [6.45, 7) is 0. The van der Waals surface area contributed by atoms with Gasteiger partial charge in [0, 0.05) is 32.7 Å². The number of benzene rings is 5. The summed E-state index contributed by atoms with van der Waals surface area (Å²) < 4.78 is 13.0. The molecule has 2 N–H and O–H groups in total. The van der Waals surface area contributed by atoms with Crippen molar-refractivity contribution in [3.63, 3.8) is 0 Å². The third-order valence-corrected chi connectivity index (χ3v) is 6.42. The molecule has 34 heavy (non-hydrogen) atoms. The van der Waals surface area contributed by atoms with Gasteiger partial charge in [0.15, 0.2) is 0 Å². The van der Waals surface area contributed by atoms with Crippen LogP contribution in [0.3, 0.4) is 0 Å². The standard InChI is InChI=1S/C30H18O4/c31-19-11-13-23-21(15-19)27-25(17-7-3-1-4-8-17)29-28(22-16-20(32)12-14-24(22)33-29)26(30(27)34-23)18-9-5-2-6-10-18/h1-16,31-32H. The Morgan fingerprint density at radius 2 is 0.882 bits per heavy atom. The minimum atomic E-state index is 0.171. The summed E-state index contributed by atoms with van der Waals surface area (Å²) in [7, 11) is 0. The lowest BCUT2D eigenvalue weighted by Gasteiger charge is -2.11. The van der Waals surface area contributed by atoms with E-state index in [0.29, 0.717) is 22.3 Å². The number of hydrogen-bond acceptors (Lipinski definition) is 4. The van der Waals surface area contributed by atoms with Crippen LogP contribution in [0, 0.1) is 0 Å². The SMILES string of the molecule is Oc1ccc2oc3c(-c4ccccc4)c4c(oc5ccc(O)cc54)c(-c4ccccc4)c3c2c1. The van der Waals surface area contributed by atoms with Crippen molar-refractivity contribution in [1.29, 1.82) is 0 Å². The first-order valence-corrected chi connectivity index (χ1v) is 11.1. The van der Waals surface area contributed by atoms with E-state index in [9.17, 15) is 10.2 Å². The van der Waals surface area contributed by atoms with E-state index in [1.54, 1.807) is 36.4 Å². The molecule has 4 heteroatoms. The monoisotopic (exact) mass is 442 g/mol. The zero-order valence-corrected chi connectivity index (χ0v) is 17.9. The smallest absolute Gasteiger partial charge is 0.144 e. The first-order valence-electron chi connectivity index (χ1n) is 11.1. The van der Waals surface area contributed by atoms with Crippen LogP contribution in [0.1, 0.15) is 0 Å². The molecule has 0 bridgehead atoms. The summed E-state index contributed by atoms with van der Waals surface area (Å²) in [5, 5.41) is 24.0. The van der Waals surface area contributed by atoms with E-state index in [2.05, 4.69) is 0 Å². The van der Waals surface area contributed by atoms with Crippen LogP contribution in [0.5, 0.6) is 11.5 Å². The van der Waals surface area contributed by atoms with E-state index in [1.807, 2.05) is 60.7 Å². The fourth-order valence-electron chi connectivity index (χ4n) is 5.01. The average Bonchev–Trinajstić information content (AvgIpc) is 3.42. The molecule has 2 heterocycles. The quantitative estimate of drug-likeness (QED) is 0.283. The molecular weight excluding hydrogens is 424 g/mol. The van der Waals surface area contributed by atoms with Crippen LogP contribution in [-0.4, -0.2) is 10.2 Å². The summed E-state index contributed by atoms with van der Waals surface area (Å²) >= 11 is 0. The second-order valence-electron chi connectivity index (χ2n) is 8.46. The third-order valence-electron chi connectivity index (χ3n) is 6.42. The molecule has 2 aromatic heterocycles. The van der Waals surface area contributed by atoms with Crippen LogP contribution in [0.25, 0.3) is 66.1 Å². The lowest BCUT2D eigenvalue weighted by Crippen LogP contribution is -1.87. The van der Waals surface area contributed by atoms with Crippen molar-refractivity contribution < 1.29 is 19.0 Å². The first kappa shape index (κ1) is 18.8. The third kappa shape index (κ3) is 2.60. The molecule has 0 fully saturated rings. The van der Waals surface area contributed by atoms with Crippen molar-refractivity contribution in [2.45, 2.75) is 0 Å². The van der Waals surface area contributed by atoms with Crippen molar-refractivity contribution in [3.05, 3.63) is 97.1 Å². The molecule has 0 aliphatic heterocycles. The van der Waals surface area contributed by atoms with Crippen molar-refractivity contribution in [2.24, 2.45) is 0 Å². The van der Waals surface area contributed by atoms with Gasteiger partial charge in [-0.1, -0.05) is 60.7 Å². The van der Waals surface area contributed by atoms with Gasteiger partial charge in [-0.3, -0.25) is 0 Å². The molecule has 0 unspecified atom stereocenters. The Balaban J connectivity index is 1.83. The zero-order chi connectivity index (χ0) is 22.8. The van der Waals surface area contributed by atoms with Gasteiger partial charge in [0.05, 0.1) is 0 Å². The maximum absolute atomic E-state index is 10.3. The Hall–Kier alpha value is -4.70. The summed E-state index contributed by atoms with van der Waals surface area (Å²) in [5.74, 6) is 0.343. The second-order valence-corrected chi connectivity index (χ2v) is 8.46. The summed E-state index contributed by atoms with van der Waals surface area (Å²) in [6.07, 6.45) is 0. The van der Waals surface area contributed by atoms with E-state index in [4.69, 9.17) is 8.83 Å². The largest absolute Gasteiger partial charge is 0.508 e. The number of phenolic OH excluding ortho intramolecular Hbond substituents is 2. The summed E-state index contributed by atoms with van der Waals surface area (Å²) in [4.78, 5) is 0. The number of hydrogen-bond donors (Lipinski definition) is 2. The molecule has 0 aliphatic rings. The highest BCUT2D eigenvalue weighted by Crippen LogP contribution is 2.50. The van der Waals surface area contributed by atoms with Gasteiger partial charge < -0.3 is 19.0 Å². The van der Waals surface area contributed by atoms with E-state index >= 15 is 0 Å². The Morgan fingerprint density at radius 3 is 1.29 bits per heavy atom. The maximum atomic E-state index is 10.3. The number of rotatable bonds is 2. The fourth-order valence-corrected chi connectivity index (χ4v) is 5.01. The number of furan rings is 2. The van der Waals surface area contributed by atoms with Crippen molar-refractivity contribution >= 4 is 43.9 Å². The average molecular weight is 442 g/mol. The van der Waals surface area contributed by atoms with Gasteiger partial charge in [-0.25, -0.2) is 0 Å².